The number of carbonyl (C=O) groups excluding carboxylic acids is 1. The molecule has 1 N–H and O–H groups in total. The van der Waals surface area contributed by atoms with Gasteiger partial charge in [0.2, 0.25) is 5.91 Å². The Kier molecular flexibility index (Phi) is 5.97. The summed E-state index contributed by atoms with van der Waals surface area (Å²) in [6, 6.07) is 14.2. The molecular formula is C19H15F2N3O2S. The number of halogens is 2. The standard InChI is InChI=1S/C19H15F2N3O2S/c1-26-14-4-2-3-12(9-14)17-7-8-19(24-23-17)27-11-18(25)22-13-5-6-15(20)16(21)10-13/h2-10H,11H2,1H3,(H,22,25). The predicted molar refractivity (Wildman–Crippen MR) is 99.7 cm³/mol. The van der Waals surface area contributed by atoms with Crippen molar-refractivity contribution in [2.75, 3.05) is 18.2 Å². The van der Waals surface area contributed by atoms with Crippen LogP contribution in [0.2, 0.25) is 0 Å². The van der Waals surface area contributed by atoms with Crippen LogP contribution in [0.1, 0.15) is 0 Å². The Morgan fingerprint density at radius 1 is 1.07 bits per heavy atom. The molecule has 0 aliphatic rings. The molecule has 0 saturated carbocycles. The van der Waals surface area contributed by atoms with Crippen molar-refractivity contribution in [3.05, 3.63) is 66.2 Å². The van der Waals surface area contributed by atoms with E-state index in [1.165, 1.54) is 17.8 Å². The Morgan fingerprint density at radius 2 is 1.93 bits per heavy atom. The molecule has 0 aliphatic carbocycles. The van der Waals surface area contributed by atoms with E-state index in [-0.39, 0.29) is 17.3 Å². The van der Waals surface area contributed by atoms with Crippen molar-refractivity contribution < 1.29 is 18.3 Å². The first kappa shape index (κ1) is 18.8. The van der Waals surface area contributed by atoms with Gasteiger partial charge in [0, 0.05) is 17.3 Å². The van der Waals surface area contributed by atoms with E-state index in [9.17, 15) is 13.6 Å². The molecule has 0 radical (unpaired) electrons. The second-order valence-electron chi connectivity index (χ2n) is 5.45. The number of carbonyl (C=O) groups is 1. The van der Waals surface area contributed by atoms with Crippen LogP contribution in [0, 0.1) is 11.6 Å². The molecule has 0 saturated heterocycles. The molecule has 0 unspecified atom stereocenters. The molecular weight excluding hydrogens is 372 g/mol. The van der Waals surface area contributed by atoms with Gasteiger partial charge in [-0.2, -0.15) is 0 Å². The Hall–Kier alpha value is -3.00. The van der Waals surface area contributed by atoms with Gasteiger partial charge < -0.3 is 10.1 Å². The molecule has 0 fully saturated rings. The number of amides is 1. The third kappa shape index (κ3) is 5.01. The largest absolute Gasteiger partial charge is 0.497 e. The van der Waals surface area contributed by atoms with Gasteiger partial charge in [-0.1, -0.05) is 23.9 Å². The minimum Gasteiger partial charge on any atom is -0.497 e. The van der Waals surface area contributed by atoms with E-state index < -0.39 is 11.6 Å². The Morgan fingerprint density at radius 3 is 2.63 bits per heavy atom. The predicted octanol–water partition coefficient (Wildman–Crippen LogP) is 4.16. The molecule has 0 aliphatic heterocycles. The SMILES string of the molecule is COc1cccc(-c2ccc(SCC(=O)Nc3ccc(F)c(F)c3)nn2)c1. The van der Waals surface area contributed by atoms with E-state index in [1.807, 2.05) is 24.3 Å². The highest BCUT2D eigenvalue weighted by atomic mass is 32.2. The average Bonchev–Trinajstić information content (AvgIpc) is 2.69. The van der Waals surface area contributed by atoms with Gasteiger partial charge >= 0.3 is 0 Å². The lowest BCUT2D eigenvalue weighted by molar-refractivity contribution is -0.113. The monoisotopic (exact) mass is 387 g/mol. The molecule has 8 heteroatoms. The zero-order valence-electron chi connectivity index (χ0n) is 14.3. The summed E-state index contributed by atoms with van der Waals surface area (Å²) in [6.07, 6.45) is 0. The number of hydrogen-bond acceptors (Lipinski definition) is 5. The van der Waals surface area contributed by atoms with Gasteiger partial charge in [0.05, 0.1) is 18.6 Å². The van der Waals surface area contributed by atoms with Crippen LogP contribution in [0.15, 0.2) is 59.6 Å². The third-order valence-corrected chi connectivity index (χ3v) is 4.48. The number of methoxy groups -OCH3 is 1. The minimum atomic E-state index is -1.01. The number of rotatable bonds is 6. The molecule has 3 aromatic rings. The molecule has 2 aromatic carbocycles. The van der Waals surface area contributed by atoms with Crippen molar-refractivity contribution in [3.8, 4) is 17.0 Å². The molecule has 27 heavy (non-hydrogen) atoms. The smallest absolute Gasteiger partial charge is 0.234 e. The van der Waals surface area contributed by atoms with Gasteiger partial charge in [0.15, 0.2) is 11.6 Å². The summed E-state index contributed by atoms with van der Waals surface area (Å²) in [5.41, 5.74) is 1.75. The molecule has 138 valence electrons. The van der Waals surface area contributed by atoms with Crippen LogP contribution in [0.3, 0.4) is 0 Å². The maximum atomic E-state index is 13.1. The summed E-state index contributed by atoms with van der Waals surface area (Å²) in [5.74, 6) is -1.55. The zero-order valence-corrected chi connectivity index (χ0v) is 15.1. The van der Waals surface area contributed by atoms with Crippen molar-refractivity contribution in [2.24, 2.45) is 0 Å². The highest BCUT2D eigenvalue weighted by Crippen LogP contribution is 2.23. The number of benzene rings is 2. The lowest BCUT2D eigenvalue weighted by atomic mass is 10.1. The van der Waals surface area contributed by atoms with Crippen LogP contribution in [0.4, 0.5) is 14.5 Å². The quantitative estimate of drug-likeness (QED) is 0.644. The summed E-state index contributed by atoms with van der Waals surface area (Å²) in [6.45, 7) is 0. The van der Waals surface area contributed by atoms with Crippen LogP contribution >= 0.6 is 11.8 Å². The molecule has 0 atom stereocenters. The summed E-state index contributed by atoms with van der Waals surface area (Å²) in [5, 5.41) is 11.3. The number of aromatic nitrogens is 2. The van der Waals surface area contributed by atoms with Crippen molar-refractivity contribution in [3.63, 3.8) is 0 Å². The van der Waals surface area contributed by atoms with E-state index in [0.29, 0.717) is 10.7 Å². The van der Waals surface area contributed by atoms with Crippen LogP contribution in [-0.4, -0.2) is 29.0 Å². The fraction of sp³-hybridized carbons (Fsp3) is 0.105. The van der Waals surface area contributed by atoms with Gasteiger partial charge in [-0.25, -0.2) is 8.78 Å². The Balaban J connectivity index is 1.58. The molecule has 0 bridgehead atoms. The maximum absolute atomic E-state index is 13.1. The topological polar surface area (TPSA) is 64.1 Å². The van der Waals surface area contributed by atoms with Crippen molar-refractivity contribution in [1.82, 2.24) is 10.2 Å². The number of thioether (sulfide) groups is 1. The average molecular weight is 387 g/mol. The lowest BCUT2D eigenvalue weighted by Gasteiger charge is -2.06. The fourth-order valence-corrected chi connectivity index (χ4v) is 2.86. The summed E-state index contributed by atoms with van der Waals surface area (Å²) in [7, 11) is 1.59. The van der Waals surface area contributed by atoms with Gasteiger partial charge in [-0.3, -0.25) is 4.79 Å². The van der Waals surface area contributed by atoms with E-state index >= 15 is 0 Å². The molecule has 3 rings (SSSR count). The maximum Gasteiger partial charge on any atom is 0.234 e. The van der Waals surface area contributed by atoms with Crippen LogP contribution < -0.4 is 10.1 Å². The van der Waals surface area contributed by atoms with Gasteiger partial charge in [0.25, 0.3) is 0 Å². The number of hydrogen-bond donors (Lipinski definition) is 1. The number of nitrogens with zero attached hydrogens (tertiary/aromatic N) is 2. The number of ether oxygens (including phenoxy) is 1. The zero-order chi connectivity index (χ0) is 19.2. The lowest BCUT2D eigenvalue weighted by Crippen LogP contribution is -2.14. The minimum absolute atomic E-state index is 0.0617. The highest BCUT2D eigenvalue weighted by molar-refractivity contribution is 7.99. The van der Waals surface area contributed by atoms with E-state index in [2.05, 4.69) is 15.5 Å². The molecule has 1 heterocycles. The van der Waals surface area contributed by atoms with Gasteiger partial charge in [0.1, 0.15) is 10.8 Å². The first-order valence-corrected chi connectivity index (χ1v) is 8.89. The molecule has 0 spiro atoms. The van der Waals surface area contributed by atoms with Crippen molar-refractivity contribution in [2.45, 2.75) is 5.03 Å². The van der Waals surface area contributed by atoms with Crippen molar-refractivity contribution in [1.29, 1.82) is 0 Å². The van der Waals surface area contributed by atoms with Crippen molar-refractivity contribution >= 4 is 23.4 Å². The van der Waals surface area contributed by atoms with Crippen LogP contribution in [0.5, 0.6) is 5.75 Å². The second-order valence-corrected chi connectivity index (χ2v) is 6.45. The first-order valence-electron chi connectivity index (χ1n) is 7.91. The van der Waals surface area contributed by atoms with E-state index in [1.54, 1.807) is 19.2 Å². The summed E-state index contributed by atoms with van der Waals surface area (Å²) in [4.78, 5) is 11.9. The second kappa shape index (κ2) is 8.59. The van der Waals surface area contributed by atoms with Gasteiger partial charge in [-0.05, 0) is 36.4 Å². The Bertz CT molecular complexity index is 952. The molecule has 1 aromatic heterocycles. The van der Waals surface area contributed by atoms with Crippen LogP contribution in [-0.2, 0) is 4.79 Å². The van der Waals surface area contributed by atoms with E-state index in [0.717, 1.165) is 23.4 Å². The number of anilines is 1. The Labute approximate surface area is 158 Å². The molecule has 5 nitrogen and oxygen atoms in total. The summed E-state index contributed by atoms with van der Waals surface area (Å²) >= 11 is 1.19. The normalized spacial score (nSPS) is 10.5. The third-order valence-electron chi connectivity index (χ3n) is 3.56. The van der Waals surface area contributed by atoms with Gasteiger partial charge in [-0.15, -0.1) is 10.2 Å². The first-order chi connectivity index (χ1) is 13.0. The molecule has 1 amide bonds. The summed E-state index contributed by atoms with van der Waals surface area (Å²) < 4.78 is 31.2. The number of nitrogens with one attached hydrogen (secondary N) is 1. The van der Waals surface area contributed by atoms with Crippen LogP contribution in [0.25, 0.3) is 11.3 Å². The fourth-order valence-electron chi connectivity index (χ4n) is 2.24. The van der Waals surface area contributed by atoms with E-state index in [4.69, 9.17) is 4.74 Å². The highest BCUT2D eigenvalue weighted by Gasteiger charge is 2.08.